The minimum absolute atomic E-state index is 0.266. The van der Waals surface area contributed by atoms with E-state index in [1.165, 1.54) is 11.3 Å². The van der Waals surface area contributed by atoms with Crippen LogP contribution in [0.25, 0.3) is 11.4 Å². The van der Waals surface area contributed by atoms with Crippen LogP contribution >= 0.6 is 11.6 Å². The van der Waals surface area contributed by atoms with Gasteiger partial charge >= 0.3 is 6.03 Å². The van der Waals surface area contributed by atoms with Gasteiger partial charge < -0.3 is 9.84 Å². The topological polar surface area (TPSA) is 71.3 Å². The summed E-state index contributed by atoms with van der Waals surface area (Å²) in [4.78, 5) is 17.8. The Labute approximate surface area is 137 Å². The number of benzene rings is 2. The molecule has 3 rings (SSSR count). The number of hydrogen-bond acceptors (Lipinski definition) is 4. The van der Waals surface area contributed by atoms with E-state index in [9.17, 15) is 4.79 Å². The number of carbonyl (C=O) groups excluding carboxylic acids is 1. The molecule has 0 atom stereocenters. The van der Waals surface area contributed by atoms with Gasteiger partial charge in [0.1, 0.15) is 0 Å². The highest BCUT2D eigenvalue weighted by Gasteiger charge is 2.13. The van der Waals surface area contributed by atoms with Gasteiger partial charge in [-0.05, 0) is 36.4 Å². The van der Waals surface area contributed by atoms with Crippen molar-refractivity contribution < 1.29 is 9.32 Å². The number of anilines is 2. The van der Waals surface area contributed by atoms with E-state index in [0.717, 1.165) is 5.56 Å². The van der Waals surface area contributed by atoms with Gasteiger partial charge in [0.25, 0.3) is 0 Å². The second-order valence-electron chi connectivity index (χ2n) is 4.80. The van der Waals surface area contributed by atoms with Crippen molar-refractivity contribution in [3.05, 3.63) is 59.9 Å². The molecule has 1 aromatic heterocycles. The first-order chi connectivity index (χ1) is 11.1. The summed E-state index contributed by atoms with van der Waals surface area (Å²) >= 11 is 5.83. The van der Waals surface area contributed by atoms with E-state index in [0.29, 0.717) is 22.2 Å². The lowest BCUT2D eigenvalue weighted by Crippen LogP contribution is -2.31. The summed E-state index contributed by atoms with van der Waals surface area (Å²) in [7, 11) is 1.68. The lowest BCUT2D eigenvalue weighted by atomic mass is 10.2. The van der Waals surface area contributed by atoms with Crippen molar-refractivity contribution in [2.24, 2.45) is 0 Å². The molecule has 0 spiro atoms. The zero-order valence-electron chi connectivity index (χ0n) is 12.2. The fraction of sp³-hybridized carbons (Fsp3) is 0.0625. The normalized spacial score (nSPS) is 10.3. The van der Waals surface area contributed by atoms with E-state index in [1.54, 1.807) is 31.3 Å². The van der Waals surface area contributed by atoms with Gasteiger partial charge in [-0.3, -0.25) is 4.90 Å². The first-order valence-corrected chi connectivity index (χ1v) is 7.18. The Kier molecular flexibility index (Phi) is 4.25. The molecule has 23 heavy (non-hydrogen) atoms. The van der Waals surface area contributed by atoms with E-state index in [4.69, 9.17) is 16.1 Å². The number of carbonyl (C=O) groups is 1. The smallest absolute Gasteiger partial charge is 0.326 e. The van der Waals surface area contributed by atoms with Crippen LogP contribution in [0.15, 0.2) is 59.4 Å². The molecule has 2 aromatic carbocycles. The lowest BCUT2D eigenvalue weighted by Gasteiger charge is -2.18. The molecule has 0 aliphatic heterocycles. The highest BCUT2D eigenvalue weighted by molar-refractivity contribution is 6.30. The van der Waals surface area contributed by atoms with Crippen LogP contribution in [0.4, 0.5) is 16.2 Å². The van der Waals surface area contributed by atoms with Gasteiger partial charge in [-0.2, -0.15) is 4.98 Å². The first-order valence-electron chi connectivity index (χ1n) is 6.80. The maximum Gasteiger partial charge on any atom is 0.326 e. The summed E-state index contributed by atoms with van der Waals surface area (Å²) in [6, 6.07) is 14.0. The molecule has 1 heterocycles. The summed E-state index contributed by atoms with van der Waals surface area (Å²) in [5.41, 5.74) is 2.14. The van der Waals surface area contributed by atoms with Gasteiger partial charge in [-0.1, -0.05) is 28.9 Å². The number of amides is 2. The summed E-state index contributed by atoms with van der Waals surface area (Å²) in [6.07, 6.45) is 1.26. The van der Waals surface area contributed by atoms with Crippen molar-refractivity contribution in [1.82, 2.24) is 10.1 Å². The van der Waals surface area contributed by atoms with Gasteiger partial charge in [0.05, 0.1) is 0 Å². The number of hydrogen-bond donors (Lipinski definition) is 1. The fourth-order valence-corrected chi connectivity index (χ4v) is 2.14. The van der Waals surface area contributed by atoms with Gasteiger partial charge in [0.15, 0.2) is 0 Å². The zero-order valence-corrected chi connectivity index (χ0v) is 13.0. The standard InChI is InChI=1S/C16H13ClN4O2/c1-21(16(22)19-13-7-5-12(17)6-8-13)14-4-2-3-11(9-14)15-18-10-23-20-15/h2-10H,1H3,(H,19,22). The minimum Gasteiger partial charge on any atom is -0.342 e. The Hall–Kier alpha value is -2.86. The maximum absolute atomic E-state index is 12.3. The van der Waals surface area contributed by atoms with E-state index in [1.807, 2.05) is 24.3 Å². The molecule has 0 radical (unpaired) electrons. The molecule has 6 nitrogen and oxygen atoms in total. The predicted octanol–water partition coefficient (Wildman–Crippen LogP) is 4.06. The largest absolute Gasteiger partial charge is 0.342 e. The fourth-order valence-electron chi connectivity index (χ4n) is 2.01. The van der Waals surface area contributed by atoms with Crippen LogP contribution in [0.5, 0.6) is 0 Å². The Morgan fingerprint density at radius 1 is 1.22 bits per heavy atom. The molecular formula is C16H13ClN4O2. The second-order valence-corrected chi connectivity index (χ2v) is 5.24. The summed E-state index contributed by atoms with van der Waals surface area (Å²) in [5.74, 6) is 0.471. The Bertz CT molecular complexity index is 803. The van der Waals surface area contributed by atoms with Crippen molar-refractivity contribution in [2.45, 2.75) is 0 Å². The van der Waals surface area contributed by atoms with E-state index in [-0.39, 0.29) is 6.03 Å². The molecule has 0 saturated carbocycles. The molecule has 1 N–H and O–H groups in total. The van der Waals surface area contributed by atoms with E-state index < -0.39 is 0 Å². The third-order valence-electron chi connectivity index (χ3n) is 3.25. The van der Waals surface area contributed by atoms with Gasteiger partial charge in [0.2, 0.25) is 12.2 Å². The molecule has 3 aromatic rings. The van der Waals surface area contributed by atoms with Crippen LogP contribution in [0.3, 0.4) is 0 Å². The van der Waals surface area contributed by atoms with Crippen molar-refractivity contribution in [1.29, 1.82) is 0 Å². The highest BCUT2D eigenvalue weighted by Crippen LogP contribution is 2.22. The Morgan fingerprint density at radius 2 is 2.00 bits per heavy atom. The number of urea groups is 1. The SMILES string of the molecule is CN(C(=O)Nc1ccc(Cl)cc1)c1cccc(-c2ncon2)c1. The number of rotatable bonds is 3. The molecule has 0 bridgehead atoms. The van der Waals surface area contributed by atoms with Crippen molar-refractivity contribution >= 4 is 29.0 Å². The third-order valence-corrected chi connectivity index (χ3v) is 3.51. The Balaban J connectivity index is 1.77. The van der Waals surface area contributed by atoms with E-state index >= 15 is 0 Å². The molecule has 7 heteroatoms. The molecule has 2 amide bonds. The van der Waals surface area contributed by atoms with E-state index in [2.05, 4.69) is 15.5 Å². The highest BCUT2D eigenvalue weighted by atomic mass is 35.5. The number of nitrogens with zero attached hydrogens (tertiary/aromatic N) is 3. The molecule has 0 fully saturated rings. The zero-order chi connectivity index (χ0) is 16.2. The minimum atomic E-state index is -0.266. The molecule has 0 aliphatic rings. The molecule has 0 aliphatic carbocycles. The van der Waals surface area contributed by atoms with Gasteiger partial charge in [-0.25, -0.2) is 4.79 Å². The van der Waals surface area contributed by atoms with Gasteiger partial charge in [-0.15, -0.1) is 0 Å². The summed E-state index contributed by atoms with van der Waals surface area (Å²) in [6.45, 7) is 0. The van der Waals surface area contributed by atoms with Crippen LogP contribution in [-0.4, -0.2) is 23.2 Å². The van der Waals surface area contributed by atoms with Crippen LogP contribution in [0, 0.1) is 0 Å². The second kappa shape index (κ2) is 6.50. The molecule has 0 unspecified atom stereocenters. The average molecular weight is 329 g/mol. The molecule has 116 valence electrons. The first kappa shape index (κ1) is 15.1. The van der Waals surface area contributed by atoms with Crippen LogP contribution in [0.2, 0.25) is 5.02 Å². The number of halogens is 1. The third kappa shape index (κ3) is 3.49. The molecule has 0 saturated heterocycles. The van der Waals surface area contributed by atoms with Crippen molar-refractivity contribution in [2.75, 3.05) is 17.3 Å². The van der Waals surface area contributed by atoms with Crippen LogP contribution < -0.4 is 10.2 Å². The quantitative estimate of drug-likeness (QED) is 0.787. The van der Waals surface area contributed by atoms with Crippen molar-refractivity contribution in [3.63, 3.8) is 0 Å². The van der Waals surface area contributed by atoms with Crippen molar-refractivity contribution in [3.8, 4) is 11.4 Å². The van der Waals surface area contributed by atoms with Crippen LogP contribution in [-0.2, 0) is 0 Å². The summed E-state index contributed by atoms with van der Waals surface area (Å²) < 4.78 is 4.74. The number of aromatic nitrogens is 2. The summed E-state index contributed by atoms with van der Waals surface area (Å²) in [5, 5.41) is 7.21. The predicted molar refractivity (Wildman–Crippen MR) is 88.6 cm³/mol. The maximum atomic E-state index is 12.3. The average Bonchev–Trinajstić information content (AvgIpc) is 3.11. The molecular weight excluding hydrogens is 316 g/mol. The van der Waals surface area contributed by atoms with Gasteiger partial charge in [0, 0.05) is 29.0 Å². The van der Waals surface area contributed by atoms with Crippen LogP contribution in [0.1, 0.15) is 0 Å². The lowest BCUT2D eigenvalue weighted by molar-refractivity contribution is 0.258. The number of nitrogens with one attached hydrogen (secondary N) is 1. The Morgan fingerprint density at radius 3 is 2.70 bits per heavy atom. The monoisotopic (exact) mass is 328 g/mol.